The first-order chi connectivity index (χ1) is 5.74. The van der Waals surface area contributed by atoms with Gasteiger partial charge in [-0.2, -0.15) is 5.10 Å². The van der Waals surface area contributed by atoms with Crippen LogP contribution in [0.1, 0.15) is 35.1 Å². The first-order valence-corrected chi connectivity index (χ1v) is 3.97. The Labute approximate surface area is 69.8 Å². The number of carbonyl (C=O) groups is 1. The largest absolute Gasteiger partial charge is 0.504 e. The number of rotatable bonds is 2. The highest BCUT2D eigenvalue weighted by molar-refractivity contribution is 5.76. The smallest absolute Gasteiger partial charge is 0.174 e. The molecule has 0 atom stereocenters. The van der Waals surface area contributed by atoms with Gasteiger partial charge in [-0.15, -0.1) is 0 Å². The number of aldehydes is 1. The maximum atomic E-state index is 10.4. The first kappa shape index (κ1) is 7.34. The van der Waals surface area contributed by atoms with Gasteiger partial charge in [0.25, 0.3) is 0 Å². The molecule has 1 aliphatic carbocycles. The average molecular weight is 166 g/mol. The summed E-state index contributed by atoms with van der Waals surface area (Å²) in [6.45, 7) is 1.77. The van der Waals surface area contributed by atoms with Crippen LogP contribution in [0, 0.1) is 6.92 Å². The molecule has 0 unspecified atom stereocenters. The molecule has 2 rings (SSSR count). The SMILES string of the molecule is Cc1c(O)c(C=O)nn1C1CC1. The van der Waals surface area contributed by atoms with Crippen molar-refractivity contribution in [2.75, 3.05) is 0 Å². The van der Waals surface area contributed by atoms with E-state index in [9.17, 15) is 9.90 Å². The molecular weight excluding hydrogens is 156 g/mol. The molecule has 1 aromatic heterocycles. The fraction of sp³-hybridized carbons (Fsp3) is 0.500. The van der Waals surface area contributed by atoms with Gasteiger partial charge in [-0.05, 0) is 19.8 Å². The predicted molar refractivity (Wildman–Crippen MR) is 42.3 cm³/mol. The van der Waals surface area contributed by atoms with E-state index in [0.29, 0.717) is 18.0 Å². The molecular formula is C8H10N2O2. The van der Waals surface area contributed by atoms with E-state index < -0.39 is 0 Å². The van der Waals surface area contributed by atoms with Crippen LogP contribution in [-0.4, -0.2) is 21.2 Å². The molecule has 0 bridgehead atoms. The van der Waals surface area contributed by atoms with E-state index in [1.807, 2.05) is 0 Å². The van der Waals surface area contributed by atoms with Crippen LogP contribution in [0.4, 0.5) is 0 Å². The van der Waals surface area contributed by atoms with E-state index >= 15 is 0 Å². The number of hydrogen-bond donors (Lipinski definition) is 1. The van der Waals surface area contributed by atoms with Crippen molar-refractivity contribution in [3.63, 3.8) is 0 Å². The van der Waals surface area contributed by atoms with Gasteiger partial charge in [0.1, 0.15) is 0 Å². The van der Waals surface area contributed by atoms with Crippen LogP contribution in [0.15, 0.2) is 0 Å². The number of aromatic nitrogens is 2. The van der Waals surface area contributed by atoms with Crippen molar-refractivity contribution in [1.82, 2.24) is 9.78 Å². The molecule has 0 aromatic carbocycles. The third-order valence-electron chi connectivity index (χ3n) is 2.15. The molecule has 1 saturated carbocycles. The molecule has 4 nitrogen and oxygen atoms in total. The molecule has 1 aromatic rings. The van der Waals surface area contributed by atoms with Crippen molar-refractivity contribution in [1.29, 1.82) is 0 Å². The zero-order valence-corrected chi connectivity index (χ0v) is 6.82. The molecule has 0 amide bonds. The zero-order valence-electron chi connectivity index (χ0n) is 6.82. The maximum Gasteiger partial charge on any atom is 0.174 e. The Bertz CT molecular complexity index is 326. The molecule has 1 aliphatic rings. The van der Waals surface area contributed by atoms with Crippen molar-refractivity contribution in [2.24, 2.45) is 0 Å². The average Bonchev–Trinajstić information content (AvgIpc) is 2.84. The minimum atomic E-state index is 0.0249. The number of aromatic hydroxyl groups is 1. The van der Waals surface area contributed by atoms with Gasteiger partial charge in [0.15, 0.2) is 17.7 Å². The Morgan fingerprint density at radius 1 is 1.67 bits per heavy atom. The summed E-state index contributed by atoms with van der Waals surface area (Å²) in [5.41, 5.74) is 0.846. The summed E-state index contributed by atoms with van der Waals surface area (Å²) in [5.74, 6) is 0.0249. The van der Waals surface area contributed by atoms with Gasteiger partial charge in [0.2, 0.25) is 0 Å². The lowest BCUT2D eigenvalue weighted by molar-refractivity contribution is 0.111. The molecule has 0 saturated heterocycles. The molecule has 4 heteroatoms. The molecule has 0 aliphatic heterocycles. The summed E-state index contributed by atoms with van der Waals surface area (Å²) < 4.78 is 1.74. The Hall–Kier alpha value is -1.32. The quantitative estimate of drug-likeness (QED) is 0.668. The van der Waals surface area contributed by atoms with Gasteiger partial charge in [-0.1, -0.05) is 0 Å². The Morgan fingerprint density at radius 3 is 2.75 bits per heavy atom. The topological polar surface area (TPSA) is 55.1 Å². The highest BCUT2D eigenvalue weighted by Crippen LogP contribution is 2.37. The van der Waals surface area contributed by atoms with E-state index in [4.69, 9.17) is 0 Å². The monoisotopic (exact) mass is 166 g/mol. The predicted octanol–water partition coefficient (Wildman–Crippen LogP) is 1.04. The third-order valence-corrected chi connectivity index (χ3v) is 2.15. The van der Waals surface area contributed by atoms with Crippen molar-refractivity contribution in [2.45, 2.75) is 25.8 Å². The van der Waals surface area contributed by atoms with Crippen molar-refractivity contribution < 1.29 is 9.90 Å². The molecule has 0 spiro atoms. The fourth-order valence-corrected chi connectivity index (χ4v) is 1.29. The lowest BCUT2D eigenvalue weighted by Crippen LogP contribution is -1.98. The van der Waals surface area contributed by atoms with Gasteiger partial charge in [-0.25, -0.2) is 0 Å². The van der Waals surface area contributed by atoms with Crippen molar-refractivity contribution in [3.05, 3.63) is 11.4 Å². The van der Waals surface area contributed by atoms with E-state index in [0.717, 1.165) is 12.8 Å². The van der Waals surface area contributed by atoms with Crippen LogP contribution >= 0.6 is 0 Å². The second kappa shape index (κ2) is 2.33. The molecule has 0 radical (unpaired) electrons. The van der Waals surface area contributed by atoms with E-state index in [1.54, 1.807) is 11.6 Å². The minimum Gasteiger partial charge on any atom is -0.504 e. The van der Waals surface area contributed by atoms with Crippen molar-refractivity contribution in [3.8, 4) is 5.75 Å². The van der Waals surface area contributed by atoms with Crippen LogP contribution in [0.2, 0.25) is 0 Å². The van der Waals surface area contributed by atoms with Gasteiger partial charge < -0.3 is 5.11 Å². The Morgan fingerprint density at radius 2 is 2.33 bits per heavy atom. The highest BCUT2D eigenvalue weighted by atomic mass is 16.3. The van der Waals surface area contributed by atoms with Crippen LogP contribution in [0.25, 0.3) is 0 Å². The fourth-order valence-electron chi connectivity index (χ4n) is 1.29. The lowest BCUT2D eigenvalue weighted by atomic mass is 10.3. The highest BCUT2D eigenvalue weighted by Gasteiger charge is 2.28. The second-order valence-corrected chi connectivity index (χ2v) is 3.11. The zero-order chi connectivity index (χ0) is 8.72. The second-order valence-electron chi connectivity index (χ2n) is 3.11. The molecule has 64 valence electrons. The van der Waals surface area contributed by atoms with E-state index in [-0.39, 0.29) is 11.4 Å². The first-order valence-electron chi connectivity index (χ1n) is 3.97. The van der Waals surface area contributed by atoms with E-state index in [2.05, 4.69) is 5.10 Å². The minimum absolute atomic E-state index is 0.0249. The third kappa shape index (κ3) is 0.913. The molecule has 1 N–H and O–H groups in total. The normalized spacial score (nSPS) is 16.4. The van der Waals surface area contributed by atoms with Crippen molar-refractivity contribution >= 4 is 6.29 Å². The Balaban J connectivity index is 2.48. The van der Waals surface area contributed by atoms with Crippen LogP contribution < -0.4 is 0 Å². The summed E-state index contributed by atoms with van der Waals surface area (Å²) in [6.07, 6.45) is 2.78. The van der Waals surface area contributed by atoms with E-state index in [1.165, 1.54) is 0 Å². The number of nitrogens with zero attached hydrogens (tertiary/aromatic N) is 2. The summed E-state index contributed by atoms with van der Waals surface area (Å²) >= 11 is 0. The van der Waals surface area contributed by atoms with Crippen LogP contribution in [-0.2, 0) is 0 Å². The van der Waals surface area contributed by atoms with Crippen LogP contribution in [0.3, 0.4) is 0 Å². The van der Waals surface area contributed by atoms with Crippen LogP contribution in [0.5, 0.6) is 5.75 Å². The number of hydrogen-bond acceptors (Lipinski definition) is 3. The summed E-state index contributed by atoms with van der Waals surface area (Å²) in [7, 11) is 0. The maximum absolute atomic E-state index is 10.4. The Kier molecular flexibility index (Phi) is 1.43. The van der Waals surface area contributed by atoms with Gasteiger partial charge in [0.05, 0.1) is 11.7 Å². The summed E-state index contributed by atoms with van der Waals surface area (Å²) in [5, 5.41) is 13.4. The standard InChI is InChI=1S/C8H10N2O2/c1-5-8(12)7(4-11)9-10(5)6-2-3-6/h4,6,12H,2-3H2,1H3. The molecule has 12 heavy (non-hydrogen) atoms. The van der Waals surface area contributed by atoms with Gasteiger partial charge in [-0.3, -0.25) is 9.48 Å². The summed E-state index contributed by atoms with van der Waals surface area (Å²) in [6, 6.07) is 0.407. The molecule has 1 heterocycles. The van der Waals surface area contributed by atoms with Gasteiger partial charge in [0, 0.05) is 0 Å². The van der Waals surface area contributed by atoms with Gasteiger partial charge >= 0.3 is 0 Å². The molecule has 1 fully saturated rings. The summed E-state index contributed by atoms with van der Waals surface area (Å²) in [4.78, 5) is 10.4. The number of carbonyl (C=O) groups excluding carboxylic acids is 1. The lowest BCUT2D eigenvalue weighted by Gasteiger charge is -1.98.